The first kappa shape index (κ1) is 20.2. The van der Waals surface area contributed by atoms with E-state index in [1.165, 1.54) is 86.7 Å². The molecule has 1 aliphatic carbocycles. The third kappa shape index (κ3) is 5.27. The molecule has 1 amide bonds. The summed E-state index contributed by atoms with van der Waals surface area (Å²) in [5.74, 6) is 0.0107. The minimum Gasteiger partial charge on any atom is -0.346 e. The molecule has 3 nitrogen and oxygen atoms in total. The van der Waals surface area contributed by atoms with Crippen LogP contribution in [0.3, 0.4) is 0 Å². The fourth-order valence-electron chi connectivity index (χ4n) is 4.70. The summed E-state index contributed by atoms with van der Waals surface area (Å²) in [6.45, 7) is 5.46. The Morgan fingerprint density at radius 2 is 1.59 bits per heavy atom. The Balaban J connectivity index is 1.35. The number of carbonyl (C=O) groups is 1. The molecule has 1 aliphatic heterocycles. The van der Waals surface area contributed by atoms with Crippen molar-refractivity contribution in [3.63, 3.8) is 0 Å². The number of carbonyl (C=O) groups excluding carboxylic acids is 1. The van der Waals surface area contributed by atoms with E-state index in [9.17, 15) is 4.79 Å². The van der Waals surface area contributed by atoms with Gasteiger partial charge >= 0.3 is 0 Å². The number of amides is 1. The molecule has 0 bridgehead atoms. The number of hydrogen-bond acceptors (Lipinski definition) is 2. The summed E-state index contributed by atoms with van der Waals surface area (Å²) in [6.07, 6.45) is 10.3. The first-order chi connectivity index (χ1) is 14.2. The summed E-state index contributed by atoms with van der Waals surface area (Å²) >= 11 is 0. The van der Waals surface area contributed by atoms with E-state index in [0.717, 1.165) is 12.1 Å². The van der Waals surface area contributed by atoms with Gasteiger partial charge in [-0.25, -0.2) is 0 Å². The zero-order valence-electron chi connectivity index (χ0n) is 17.8. The van der Waals surface area contributed by atoms with E-state index in [-0.39, 0.29) is 11.9 Å². The fraction of sp³-hybridized carbons (Fsp3) is 0.500. The van der Waals surface area contributed by atoms with Crippen molar-refractivity contribution in [2.45, 2.75) is 70.9 Å². The highest BCUT2D eigenvalue weighted by atomic mass is 16.1. The summed E-state index contributed by atoms with van der Waals surface area (Å²) in [6, 6.07) is 14.9. The van der Waals surface area contributed by atoms with Gasteiger partial charge in [-0.05, 0) is 92.9 Å². The highest BCUT2D eigenvalue weighted by Crippen LogP contribution is 2.25. The highest BCUT2D eigenvalue weighted by molar-refractivity contribution is 5.94. The lowest BCUT2D eigenvalue weighted by molar-refractivity contribution is 0.0940. The average molecular weight is 391 g/mol. The van der Waals surface area contributed by atoms with Crippen molar-refractivity contribution in [3.05, 3.63) is 70.3 Å². The van der Waals surface area contributed by atoms with Crippen molar-refractivity contribution >= 4 is 5.91 Å². The van der Waals surface area contributed by atoms with E-state index < -0.39 is 0 Å². The maximum Gasteiger partial charge on any atom is 0.251 e. The molecule has 154 valence electrons. The number of hydrogen-bond donors (Lipinski definition) is 1. The van der Waals surface area contributed by atoms with Crippen LogP contribution in [0.2, 0.25) is 0 Å². The molecule has 3 heteroatoms. The van der Waals surface area contributed by atoms with Gasteiger partial charge in [0.2, 0.25) is 0 Å². The van der Waals surface area contributed by atoms with E-state index in [1.807, 2.05) is 12.1 Å². The summed E-state index contributed by atoms with van der Waals surface area (Å²) < 4.78 is 0. The van der Waals surface area contributed by atoms with Crippen LogP contribution < -0.4 is 5.32 Å². The number of benzene rings is 2. The van der Waals surface area contributed by atoms with Crippen molar-refractivity contribution in [1.29, 1.82) is 0 Å². The van der Waals surface area contributed by atoms with Crippen LogP contribution in [0.5, 0.6) is 0 Å². The van der Waals surface area contributed by atoms with Crippen LogP contribution in [0.25, 0.3) is 0 Å². The summed E-state index contributed by atoms with van der Waals surface area (Å²) in [4.78, 5) is 15.3. The SMILES string of the molecule is CC(NC(=O)c1ccc(CN2CCCCCC2)cc1)c1ccc2c(c1)CCCC2. The molecule has 4 rings (SSSR count). The molecule has 1 N–H and O–H groups in total. The summed E-state index contributed by atoms with van der Waals surface area (Å²) in [5.41, 5.74) is 6.20. The van der Waals surface area contributed by atoms with E-state index >= 15 is 0 Å². The van der Waals surface area contributed by atoms with Crippen LogP contribution in [0, 0.1) is 0 Å². The smallest absolute Gasteiger partial charge is 0.251 e. The van der Waals surface area contributed by atoms with Gasteiger partial charge in [0.25, 0.3) is 5.91 Å². The van der Waals surface area contributed by atoms with Crippen molar-refractivity contribution in [2.75, 3.05) is 13.1 Å². The van der Waals surface area contributed by atoms with Gasteiger partial charge in [0.05, 0.1) is 6.04 Å². The molecule has 1 heterocycles. The zero-order chi connectivity index (χ0) is 20.1. The number of fused-ring (bicyclic) bond motifs is 1. The molecule has 0 radical (unpaired) electrons. The topological polar surface area (TPSA) is 32.3 Å². The lowest BCUT2D eigenvalue weighted by Gasteiger charge is -2.21. The van der Waals surface area contributed by atoms with Crippen molar-refractivity contribution in [2.24, 2.45) is 0 Å². The highest BCUT2D eigenvalue weighted by Gasteiger charge is 2.15. The fourth-order valence-corrected chi connectivity index (χ4v) is 4.70. The first-order valence-corrected chi connectivity index (χ1v) is 11.4. The first-order valence-electron chi connectivity index (χ1n) is 11.4. The van der Waals surface area contributed by atoms with Gasteiger partial charge in [-0.2, -0.15) is 0 Å². The molecule has 2 aromatic carbocycles. The predicted octanol–water partition coefficient (Wildman–Crippen LogP) is 5.43. The molecule has 1 saturated heterocycles. The molecule has 0 aromatic heterocycles. The molecule has 2 aliphatic rings. The number of likely N-dealkylation sites (tertiary alicyclic amines) is 1. The van der Waals surface area contributed by atoms with Crippen molar-refractivity contribution in [3.8, 4) is 0 Å². The predicted molar refractivity (Wildman–Crippen MR) is 119 cm³/mol. The average Bonchev–Trinajstić information content (AvgIpc) is 3.02. The lowest BCUT2D eigenvalue weighted by atomic mass is 9.89. The Hall–Kier alpha value is -2.13. The molecule has 1 fully saturated rings. The third-order valence-corrected chi connectivity index (χ3v) is 6.54. The second-order valence-electron chi connectivity index (χ2n) is 8.82. The molecule has 0 spiro atoms. The normalized spacial score (nSPS) is 18.5. The quantitative estimate of drug-likeness (QED) is 0.738. The van der Waals surface area contributed by atoms with Crippen LogP contribution in [-0.2, 0) is 19.4 Å². The number of nitrogens with one attached hydrogen (secondary N) is 1. The van der Waals surface area contributed by atoms with Gasteiger partial charge in [0, 0.05) is 12.1 Å². The Labute approximate surface area is 175 Å². The van der Waals surface area contributed by atoms with E-state index in [1.54, 1.807) is 0 Å². The Bertz CT molecular complexity index is 819. The Kier molecular flexibility index (Phi) is 6.66. The number of nitrogens with zero attached hydrogens (tertiary/aromatic N) is 1. The Morgan fingerprint density at radius 3 is 2.31 bits per heavy atom. The van der Waals surface area contributed by atoms with Crippen LogP contribution in [-0.4, -0.2) is 23.9 Å². The van der Waals surface area contributed by atoms with Crippen molar-refractivity contribution < 1.29 is 4.79 Å². The van der Waals surface area contributed by atoms with E-state index in [2.05, 4.69) is 47.5 Å². The van der Waals surface area contributed by atoms with Gasteiger partial charge in [-0.3, -0.25) is 9.69 Å². The van der Waals surface area contributed by atoms with Crippen LogP contribution >= 0.6 is 0 Å². The minimum absolute atomic E-state index is 0.0107. The van der Waals surface area contributed by atoms with Crippen LogP contribution in [0.15, 0.2) is 42.5 Å². The summed E-state index contributed by atoms with van der Waals surface area (Å²) in [7, 11) is 0. The molecule has 0 saturated carbocycles. The molecule has 1 atom stereocenters. The van der Waals surface area contributed by atoms with E-state index in [4.69, 9.17) is 0 Å². The number of aryl methyl sites for hydroxylation is 2. The number of rotatable bonds is 5. The van der Waals surface area contributed by atoms with Gasteiger partial charge in [-0.1, -0.05) is 43.2 Å². The minimum atomic E-state index is 0.0107. The van der Waals surface area contributed by atoms with Gasteiger partial charge in [0.1, 0.15) is 0 Å². The van der Waals surface area contributed by atoms with E-state index in [0.29, 0.717) is 0 Å². The van der Waals surface area contributed by atoms with Crippen LogP contribution in [0.1, 0.15) is 84.1 Å². The van der Waals surface area contributed by atoms with Crippen molar-refractivity contribution in [1.82, 2.24) is 10.2 Å². The lowest BCUT2D eigenvalue weighted by Crippen LogP contribution is -2.27. The maximum atomic E-state index is 12.7. The van der Waals surface area contributed by atoms with Gasteiger partial charge in [0.15, 0.2) is 0 Å². The monoisotopic (exact) mass is 390 g/mol. The largest absolute Gasteiger partial charge is 0.346 e. The molecule has 1 unspecified atom stereocenters. The third-order valence-electron chi connectivity index (χ3n) is 6.54. The van der Waals surface area contributed by atoms with Crippen LogP contribution in [0.4, 0.5) is 0 Å². The summed E-state index contributed by atoms with van der Waals surface area (Å²) in [5, 5.41) is 3.18. The van der Waals surface area contributed by atoms with Gasteiger partial charge in [-0.15, -0.1) is 0 Å². The second kappa shape index (κ2) is 9.58. The molecular weight excluding hydrogens is 356 g/mol. The maximum absolute atomic E-state index is 12.7. The zero-order valence-corrected chi connectivity index (χ0v) is 17.8. The molecule has 2 aromatic rings. The van der Waals surface area contributed by atoms with Gasteiger partial charge < -0.3 is 5.32 Å². The standard InChI is InChI=1S/C26H34N2O/c1-20(24-15-14-22-8-4-5-9-25(22)18-24)27-26(29)23-12-10-21(11-13-23)19-28-16-6-2-3-7-17-28/h10-15,18,20H,2-9,16-17,19H2,1H3,(H,27,29). The molecular formula is C26H34N2O. The second-order valence-corrected chi connectivity index (χ2v) is 8.82. The Morgan fingerprint density at radius 1 is 0.897 bits per heavy atom. The molecule has 29 heavy (non-hydrogen) atoms.